The van der Waals surface area contributed by atoms with E-state index >= 15 is 0 Å². The third-order valence-electron chi connectivity index (χ3n) is 5.48. The summed E-state index contributed by atoms with van der Waals surface area (Å²) in [6.45, 7) is 2.38. The number of likely N-dealkylation sites (N-methyl/N-ethyl adjacent to an activating group) is 1. The number of hydrogen-bond acceptors (Lipinski definition) is 4. The lowest BCUT2D eigenvalue weighted by Gasteiger charge is -2.45. The van der Waals surface area contributed by atoms with E-state index in [9.17, 15) is 4.79 Å². The van der Waals surface area contributed by atoms with Crippen LogP contribution in [0.2, 0.25) is 0 Å². The van der Waals surface area contributed by atoms with E-state index in [4.69, 9.17) is 0 Å². The van der Waals surface area contributed by atoms with Crippen molar-refractivity contribution in [2.24, 2.45) is 5.92 Å². The van der Waals surface area contributed by atoms with Crippen molar-refractivity contribution in [2.45, 2.75) is 37.4 Å². The first-order valence-corrected chi connectivity index (χ1v) is 8.78. The Morgan fingerprint density at radius 2 is 2.09 bits per heavy atom. The minimum atomic E-state index is 0.114. The number of nitrogens with zero attached hydrogens (tertiary/aromatic N) is 3. The molecule has 1 aromatic heterocycles. The molecule has 0 spiro atoms. The van der Waals surface area contributed by atoms with Crippen molar-refractivity contribution in [3.63, 3.8) is 0 Å². The number of carbonyl (C=O) groups is 1. The van der Waals surface area contributed by atoms with Gasteiger partial charge in [-0.15, -0.1) is 0 Å². The largest absolute Gasteiger partial charge is 0.310 e. The van der Waals surface area contributed by atoms with Crippen LogP contribution < -0.4 is 5.32 Å². The summed E-state index contributed by atoms with van der Waals surface area (Å²) >= 11 is 3.40. The van der Waals surface area contributed by atoms with Crippen molar-refractivity contribution in [2.75, 3.05) is 25.5 Å². The second-order valence-electron chi connectivity index (χ2n) is 6.85. The topological polar surface area (TPSA) is 48.5 Å². The molecule has 1 aliphatic carbocycles. The smallest absolute Gasteiger partial charge is 0.228 e. The van der Waals surface area contributed by atoms with E-state index in [-0.39, 0.29) is 11.8 Å². The lowest BCUT2D eigenvalue weighted by atomic mass is 9.78. The number of anilines is 1. The summed E-state index contributed by atoms with van der Waals surface area (Å²) in [6, 6.07) is 5.76. The van der Waals surface area contributed by atoms with Crippen LogP contribution in [0, 0.1) is 5.92 Å². The summed E-state index contributed by atoms with van der Waals surface area (Å²) in [5.41, 5.74) is 0. The number of amides is 1. The third kappa shape index (κ3) is 2.57. The summed E-state index contributed by atoms with van der Waals surface area (Å²) in [5.74, 6) is 0.885. The van der Waals surface area contributed by atoms with Gasteiger partial charge in [0, 0.05) is 47.8 Å². The fraction of sp³-hybridized carbons (Fsp3) is 0.625. The minimum Gasteiger partial charge on any atom is -0.310 e. The van der Waals surface area contributed by atoms with Gasteiger partial charge in [-0.25, -0.2) is 4.98 Å². The SMILES string of the molecule is CN1C[C@@H]2C[C@H]1CN2[C@H]1C[C@H](C(=O)Nc2cc(Br)ccn2)C1. The molecular formula is C16H21BrN4O. The number of carbonyl (C=O) groups excluding carboxylic acids is 1. The highest BCUT2D eigenvalue weighted by atomic mass is 79.9. The van der Waals surface area contributed by atoms with Crippen molar-refractivity contribution in [3.05, 3.63) is 22.8 Å². The van der Waals surface area contributed by atoms with Gasteiger partial charge in [0.05, 0.1) is 0 Å². The molecule has 0 unspecified atom stereocenters. The highest BCUT2D eigenvalue weighted by molar-refractivity contribution is 9.10. The standard InChI is InChI=1S/C16H21BrN4O/c1-20-8-14-7-13(20)9-21(14)12-4-10(5-12)16(22)19-15-6-11(17)2-3-18-15/h2-3,6,10,12-14H,4-5,7-9H2,1H3,(H,18,19,22)/t10-,12-,13-,14-/m0/s1. The van der Waals surface area contributed by atoms with Crippen LogP contribution in [-0.4, -0.2) is 59.0 Å². The van der Waals surface area contributed by atoms with Gasteiger partial charge in [0.25, 0.3) is 0 Å². The fourth-order valence-electron chi connectivity index (χ4n) is 4.12. The third-order valence-corrected chi connectivity index (χ3v) is 5.98. The predicted octanol–water partition coefficient (Wildman–Crippen LogP) is 1.95. The van der Waals surface area contributed by atoms with E-state index in [2.05, 4.69) is 43.1 Å². The molecule has 2 saturated heterocycles. The van der Waals surface area contributed by atoms with E-state index < -0.39 is 0 Å². The zero-order chi connectivity index (χ0) is 15.3. The van der Waals surface area contributed by atoms with Crippen molar-refractivity contribution >= 4 is 27.7 Å². The molecular weight excluding hydrogens is 344 g/mol. The molecule has 0 radical (unpaired) electrons. The first-order valence-electron chi connectivity index (χ1n) is 7.98. The molecule has 2 atom stereocenters. The van der Waals surface area contributed by atoms with Crippen molar-refractivity contribution in [3.8, 4) is 0 Å². The Bertz CT molecular complexity index is 587. The van der Waals surface area contributed by atoms with E-state index in [0.29, 0.717) is 11.9 Å². The summed E-state index contributed by atoms with van der Waals surface area (Å²) in [6.07, 6.45) is 4.99. The average molecular weight is 365 g/mol. The van der Waals surface area contributed by atoms with Crippen LogP contribution in [0.25, 0.3) is 0 Å². The molecule has 3 aliphatic rings. The Hall–Kier alpha value is -0.980. The number of hydrogen-bond donors (Lipinski definition) is 1. The molecule has 5 nitrogen and oxygen atoms in total. The number of fused-ring (bicyclic) bond motifs is 2. The van der Waals surface area contributed by atoms with Gasteiger partial charge in [-0.05, 0) is 38.4 Å². The number of nitrogens with one attached hydrogen (secondary N) is 1. The molecule has 2 bridgehead atoms. The summed E-state index contributed by atoms with van der Waals surface area (Å²) in [7, 11) is 2.23. The van der Waals surface area contributed by atoms with Crippen LogP contribution in [0.4, 0.5) is 5.82 Å². The molecule has 6 heteroatoms. The molecule has 1 saturated carbocycles. The molecule has 1 aromatic rings. The molecule has 3 heterocycles. The molecule has 4 rings (SSSR count). The number of aromatic nitrogens is 1. The van der Waals surface area contributed by atoms with Crippen LogP contribution >= 0.6 is 15.9 Å². The molecule has 1 N–H and O–H groups in total. The normalized spacial score (nSPS) is 34.6. The van der Waals surface area contributed by atoms with Gasteiger partial charge in [0.15, 0.2) is 0 Å². The number of piperazine rings is 1. The van der Waals surface area contributed by atoms with Gasteiger partial charge >= 0.3 is 0 Å². The Labute approximate surface area is 139 Å². The molecule has 0 aromatic carbocycles. The van der Waals surface area contributed by atoms with E-state index in [1.807, 2.05) is 12.1 Å². The van der Waals surface area contributed by atoms with Crippen LogP contribution in [0.5, 0.6) is 0 Å². The zero-order valence-electron chi connectivity index (χ0n) is 12.7. The van der Waals surface area contributed by atoms with Crippen LogP contribution in [0.1, 0.15) is 19.3 Å². The van der Waals surface area contributed by atoms with Crippen molar-refractivity contribution < 1.29 is 4.79 Å². The quantitative estimate of drug-likeness (QED) is 0.890. The Balaban J connectivity index is 1.29. The highest BCUT2D eigenvalue weighted by Crippen LogP contribution is 2.40. The maximum Gasteiger partial charge on any atom is 0.228 e. The van der Waals surface area contributed by atoms with E-state index in [1.54, 1.807) is 6.20 Å². The first-order chi connectivity index (χ1) is 10.6. The van der Waals surface area contributed by atoms with Crippen molar-refractivity contribution in [1.82, 2.24) is 14.8 Å². The predicted molar refractivity (Wildman–Crippen MR) is 88.6 cm³/mol. The lowest BCUT2D eigenvalue weighted by molar-refractivity contribution is -0.125. The number of rotatable bonds is 3. The maximum atomic E-state index is 12.3. The average Bonchev–Trinajstić information content (AvgIpc) is 2.96. The lowest BCUT2D eigenvalue weighted by Crippen LogP contribution is -2.54. The Kier molecular flexibility index (Phi) is 3.71. The molecule has 22 heavy (non-hydrogen) atoms. The molecule has 118 valence electrons. The minimum absolute atomic E-state index is 0.114. The fourth-order valence-corrected chi connectivity index (χ4v) is 4.45. The summed E-state index contributed by atoms with van der Waals surface area (Å²) in [5, 5.41) is 2.93. The Morgan fingerprint density at radius 1 is 1.27 bits per heavy atom. The molecule has 3 fully saturated rings. The van der Waals surface area contributed by atoms with E-state index in [0.717, 1.165) is 29.4 Å². The van der Waals surface area contributed by atoms with E-state index in [1.165, 1.54) is 19.5 Å². The summed E-state index contributed by atoms with van der Waals surface area (Å²) in [4.78, 5) is 21.6. The Morgan fingerprint density at radius 3 is 2.73 bits per heavy atom. The summed E-state index contributed by atoms with van der Waals surface area (Å²) < 4.78 is 0.932. The van der Waals surface area contributed by atoms with Crippen LogP contribution in [-0.2, 0) is 4.79 Å². The zero-order valence-corrected chi connectivity index (χ0v) is 14.3. The first kappa shape index (κ1) is 14.6. The highest BCUT2D eigenvalue weighted by Gasteiger charge is 2.48. The van der Waals surface area contributed by atoms with Crippen LogP contribution in [0.15, 0.2) is 22.8 Å². The second-order valence-corrected chi connectivity index (χ2v) is 7.77. The van der Waals surface area contributed by atoms with Crippen LogP contribution in [0.3, 0.4) is 0 Å². The molecule has 2 aliphatic heterocycles. The van der Waals surface area contributed by atoms with Crippen molar-refractivity contribution in [1.29, 1.82) is 0 Å². The monoisotopic (exact) mass is 364 g/mol. The second kappa shape index (κ2) is 5.58. The van der Waals surface area contributed by atoms with Gasteiger partial charge in [0.2, 0.25) is 5.91 Å². The molecule has 1 amide bonds. The number of halogens is 1. The van der Waals surface area contributed by atoms with Gasteiger partial charge < -0.3 is 10.2 Å². The number of likely N-dealkylation sites (tertiary alicyclic amines) is 2. The number of pyridine rings is 1. The van der Waals surface area contributed by atoms with Gasteiger partial charge in [-0.2, -0.15) is 0 Å². The van der Waals surface area contributed by atoms with Gasteiger partial charge in [-0.3, -0.25) is 9.69 Å². The van der Waals surface area contributed by atoms with Gasteiger partial charge in [-0.1, -0.05) is 15.9 Å². The van der Waals surface area contributed by atoms with Gasteiger partial charge in [0.1, 0.15) is 5.82 Å². The maximum absolute atomic E-state index is 12.3.